The number of fused-ring (bicyclic) bond motifs is 1. The van der Waals surface area contributed by atoms with Gasteiger partial charge in [-0.2, -0.15) is 40.2 Å². The van der Waals surface area contributed by atoms with Crippen LogP contribution in [0, 0.1) is 6.92 Å². The lowest BCUT2D eigenvalue weighted by Gasteiger charge is -2.15. The lowest BCUT2D eigenvalue weighted by molar-refractivity contribution is 0.472. The molecule has 17 nitrogen and oxygen atoms in total. The summed E-state index contributed by atoms with van der Waals surface area (Å²) in [5.74, 6) is -1.30. The van der Waals surface area contributed by atoms with E-state index in [1.165, 1.54) is 19.2 Å². The van der Waals surface area contributed by atoms with E-state index in [0.29, 0.717) is 5.56 Å². The molecular formula is C23H24ClN7O10S3. The number of halogens is 1. The van der Waals surface area contributed by atoms with Crippen LogP contribution < -0.4 is 10.6 Å². The monoisotopic (exact) mass is 689 g/mol. The second-order valence-electron chi connectivity index (χ2n) is 8.36. The number of hydrogen-bond donors (Lipinski definition) is 6. The Kier molecular flexibility index (Phi) is 10.1. The average Bonchev–Trinajstić information content (AvgIpc) is 2.91. The highest BCUT2D eigenvalue weighted by molar-refractivity contribution is 7.86. The standard InChI is InChI=1S/C21H18ClN7O10S3.C2H6/c1-9-3-4-14(41(34,35)36)12(5-9)28-29-17-15(42(37,38)39)7-10-6-11(40(31,32)33)8-13(16(10)18(17)30)24-21-26-19(22)25-20(23-2)27-21;1-2/h3-8,30H,1-2H3,(H,31,32,33)(H,34,35,36)(H,37,38,39)(H2,23,24,25,26,27);1-2H3. The molecule has 236 valence electrons. The number of aromatic nitrogens is 3. The summed E-state index contributed by atoms with van der Waals surface area (Å²) >= 11 is 5.89. The van der Waals surface area contributed by atoms with Crippen LogP contribution in [0.1, 0.15) is 19.4 Å². The molecule has 0 amide bonds. The van der Waals surface area contributed by atoms with Gasteiger partial charge in [0.15, 0.2) is 5.75 Å². The maximum absolute atomic E-state index is 12.3. The molecule has 0 aliphatic heterocycles. The number of aromatic hydroxyl groups is 1. The molecule has 4 rings (SSSR count). The van der Waals surface area contributed by atoms with Crippen LogP contribution in [0.5, 0.6) is 5.75 Å². The van der Waals surface area contributed by atoms with Crippen molar-refractivity contribution >= 4 is 81.7 Å². The van der Waals surface area contributed by atoms with Gasteiger partial charge in [0, 0.05) is 12.4 Å². The summed E-state index contributed by atoms with van der Waals surface area (Å²) in [5.41, 5.74) is -1.21. The topological polar surface area (TPSA) is 271 Å². The first-order valence-electron chi connectivity index (χ1n) is 12.0. The molecule has 0 bridgehead atoms. The fourth-order valence-electron chi connectivity index (χ4n) is 3.67. The number of azo groups is 1. The summed E-state index contributed by atoms with van der Waals surface area (Å²) < 4.78 is 101. The minimum absolute atomic E-state index is 0.0205. The van der Waals surface area contributed by atoms with Crippen molar-refractivity contribution in [3.05, 3.63) is 47.2 Å². The summed E-state index contributed by atoms with van der Waals surface area (Å²) in [6.07, 6.45) is 0. The van der Waals surface area contributed by atoms with E-state index in [4.69, 9.17) is 11.6 Å². The van der Waals surface area contributed by atoms with Crippen LogP contribution in [-0.4, -0.2) is 66.0 Å². The molecule has 0 fully saturated rings. The third-order valence-corrected chi connectivity index (χ3v) is 8.20. The van der Waals surface area contributed by atoms with Crippen LogP contribution in [0.2, 0.25) is 5.28 Å². The van der Waals surface area contributed by atoms with Gasteiger partial charge in [0.1, 0.15) is 21.2 Å². The molecule has 3 aromatic carbocycles. The highest BCUT2D eigenvalue weighted by atomic mass is 35.5. The summed E-state index contributed by atoms with van der Waals surface area (Å²) in [7, 11) is -13.5. The number of benzene rings is 3. The third kappa shape index (κ3) is 7.72. The van der Waals surface area contributed by atoms with E-state index in [1.54, 1.807) is 6.92 Å². The van der Waals surface area contributed by atoms with Gasteiger partial charge >= 0.3 is 0 Å². The molecule has 0 radical (unpaired) electrons. The Labute approximate surface area is 256 Å². The first-order chi connectivity index (χ1) is 20.4. The second-order valence-corrected chi connectivity index (χ2v) is 12.9. The van der Waals surface area contributed by atoms with Gasteiger partial charge in [0.25, 0.3) is 30.4 Å². The normalized spacial score (nSPS) is 12.2. The van der Waals surface area contributed by atoms with Gasteiger partial charge in [-0.3, -0.25) is 13.7 Å². The summed E-state index contributed by atoms with van der Waals surface area (Å²) in [4.78, 5) is 9.09. The fourth-order valence-corrected chi connectivity index (χ4v) is 5.63. The number of nitrogens with zero attached hydrogens (tertiary/aromatic N) is 5. The van der Waals surface area contributed by atoms with Crippen LogP contribution in [0.3, 0.4) is 0 Å². The van der Waals surface area contributed by atoms with E-state index in [-0.39, 0.29) is 33.6 Å². The number of anilines is 3. The predicted molar refractivity (Wildman–Crippen MR) is 159 cm³/mol. The van der Waals surface area contributed by atoms with E-state index in [2.05, 4.69) is 35.8 Å². The molecular weight excluding hydrogens is 666 g/mol. The number of phenolic OH excluding ortho intramolecular Hbond substituents is 1. The second kappa shape index (κ2) is 12.9. The number of phenols is 1. The first-order valence-corrected chi connectivity index (χ1v) is 16.7. The molecule has 0 unspecified atom stereocenters. The van der Waals surface area contributed by atoms with Crippen molar-refractivity contribution in [2.45, 2.75) is 35.5 Å². The molecule has 0 aliphatic rings. The van der Waals surface area contributed by atoms with Crippen molar-refractivity contribution in [2.24, 2.45) is 10.2 Å². The molecule has 6 N–H and O–H groups in total. The van der Waals surface area contributed by atoms with Crippen molar-refractivity contribution < 1.29 is 44.0 Å². The largest absolute Gasteiger partial charge is 0.505 e. The van der Waals surface area contributed by atoms with Crippen LogP contribution >= 0.6 is 11.6 Å². The molecule has 1 aromatic heterocycles. The SMILES string of the molecule is CC.CNc1nc(Cl)nc(Nc2cc(S(=O)(=O)O)cc3cc(S(=O)(=O)O)c(N=Nc4cc(C)ccc4S(=O)(=O)O)c(O)c23)n1. The van der Waals surface area contributed by atoms with Gasteiger partial charge in [0.05, 0.1) is 10.6 Å². The minimum atomic E-state index is -5.21. The molecule has 0 saturated heterocycles. The van der Waals surface area contributed by atoms with Crippen LogP contribution in [0.25, 0.3) is 10.8 Å². The minimum Gasteiger partial charge on any atom is -0.505 e. The van der Waals surface area contributed by atoms with Crippen molar-refractivity contribution in [3.8, 4) is 5.75 Å². The Morgan fingerprint density at radius 2 is 1.41 bits per heavy atom. The fraction of sp³-hybridized carbons (Fsp3) is 0.174. The Morgan fingerprint density at radius 3 is 1.98 bits per heavy atom. The maximum Gasteiger partial charge on any atom is 0.296 e. The maximum atomic E-state index is 12.3. The number of rotatable bonds is 8. The first kappa shape index (κ1) is 34.4. The number of hydrogen-bond acceptors (Lipinski definition) is 14. The lowest BCUT2D eigenvalue weighted by atomic mass is 10.1. The number of aryl methyl sites for hydroxylation is 1. The zero-order valence-electron chi connectivity index (χ0n) is 23.0. The van der Waals surface area contributed by atoms with Gasteiger partial charge in [-0.25, -0.2) is 0 Å². The zero-order chi connectivity index (χ0) is 33.2. The molecule has 44 heavy (non-hydrogen) atoms. The molecule has 1 heterocycles. The van der Waals surface area contributed by atoms with Gasteiger partial charge < -0.3 is 15.7 Å². The molecule has 0 spiro atoms. The van der Waals surface area contributed by atoms with E-state index in [1.807, 2.05) is 13.8 Å². The van der Waals surface area contributed by atoms with Gasteiger partial charge in [-0.1, -0.05) is 19.9 Å². The quantitative estimate of drug-likeness (QED) is 0.108. The summed E-state index contributed by atoms with van der Waals surface area (Å²) in [6, 6.07) is 5.91. The molecule has 0 saturated carbocycles. The number of nitrogens with one attached hydrogen (secondary N) is 2. The highest BCUT2D eigenvalue weighted by Gasteiger charge is 2.26. The smallest absolute Gasteiger partial charge is 0.296 e. The van der Waals surface area contributed by atoms with Crippen molar-refractivity contribution in [1.29, 1.82) is 0 Å². The van der Waals surface area contributed by atoms with E-state index in [0.717, 1.165) is 24.3 Å². The zero-order valence-corrected chi connectivity index (χ0v) is 26.2. The van der Waals surface area contributed by atoms with Gasteiger partial charge in [-0.05, 0) is 59.8 Å². The predicted octanol–water partition coefficient (Wildman–Crippen LogP) is 4.66. The van der Waals surface area contributed by atoms with Crippen LogP contribution in [-0.2, 0) is 30.4 Å². The lowest BCUT2D eigenvalue weighted by Crippen LogP contribution is -2.06. The van der Waals surface area contributed by atoms with Crippen LogP contribution in [0.4, 0.5) is 29.0 Å². The van der Waals surface area contributed by atoms with E-state index >= 15 is 0 Å². The highest BCUT2D eigenvalue weighted by Crippen LogP contribution is 2.46. The Morgan fingerprint density at radius 1 is 0.795 bits per heavy atom. The third-order valence-electron chi connectivity index (χ3n) is 5.43. The Balaban J connectivity index is 0.00000259. The van der Waals surface area contributed by atoms with E-state index < -0.39 is 62.2 Å². The summed E-state index contributed by atoms with van der Waals surface area (Å²) in [5, 5.41) is 22.8. The van der Waals surface area contributed by atoms with Crippen molar-refractivity contribution in [2.75, 3.05) is 17.7 Å². The van der Waals surface area contributed by atoms with Crippen LogP contribution in [0.15, 0.2) is 61.3 Å². The average molecular weight is 690 g/mol. The molecule has 0 atom stereocenters. The summed E-state index contributed by atoms with van der Waals surface area (Å²) in [6.45, 7) is 5.56. The van der Waals surface area contributed by atoms with Gasteiger partial charge in [-0.15, -0.1) is 10.2 Å². The van der Waals surface area contributed by atoms with Crippen molar-refractivity contribution in [1.82, 2.24) is 15.0 Å². The molecule has 21 heteroatoms. The molecule has 0 aliphatic carbocycles. The van der Waals surface area contributed by atoms with Crippen molar-refractivity contribution in [3.63, 3.8) is 0 Å². The Hall–Kier alpha value is -4.05. The Bertz CT molecular complexity index is 2130. The molecule has 4 aromatic rings. The van der Waals surface area contributed by atoms with E-state index in [9.17, 15) is 44.0 Å². The van der Waals surface area contributed by atoms with Gasteiger partial charge in [0.2, 0.25) is 17.2 Å².